The fourth-order valence-electron chi connectivity index (χ4n) is 3.45. The molecule has 0 atom stereocenters. The van der Waals surface area contributed by atoms with Crippen molar-refractivity contribution in [3.05, 3.63) is 43.0 Å². The molecule has 3 aromatic rings. The predicted molar refractivity (Wildman–Crippen MR) is 82.1 cm³/mol. The van der Waals surface area contributed by atoms with E-state index in [9.17, 15) is 0 Å². The first-order chi connectivity index (χ1) is 11.2. The molecule has 0 bridgehead atoms. The van der Waals surface area contributed by atoms with E-state index in [4.69, 9.17) is 9.47 Å². The largest absolute Gasteiger partial charge is 0.434 e. The van der Waals surface area contributed by atoms with Crippen LogP contribution in [0.1, 0.15) is 0 Å². The normalized spacial score (nSPS) is 13.4. The molecule has 0 spiro atoms. The molecule has 0 amide bonds. The Balaban J connectivity index is 1.91. The third-order valence-electron chi connectivity index (χ3n) is 4.44. The van der Waals surface area contributed by atoms with Gasteiger partial charge < -0.3 is 9.47 Å². The molecule has 7 heteroatoms. The van der Waals surface area contributed by atoms with Gasteiger partial charge in [-0.2, -0.15) is 0 Å². The van der Waals surface area contributed by atoms with Gasteiger partial charge in [0.15, 0.2) is 35.1 Å². The third kappa shape index (κ3) is 1.59. The number of pyridine rings is 2. The van der Waals surface area contributed by atoms with Crippen LogP contribution in [-0.4, -0.2) is 16.7 Å². The van der Waals surface area contributed by atoms with Crippen molar-refractivity contribution in [1.29, 1.82) is 0 Å². The predicted octanol–water partition coefficient (Wildman–Crippen LogP) is -1.15. The molecule has 0 aliphatic carbocycles. The van der Waals surface area contributed by atoms with E-state index in [1.807, 2.05) is 50.8 Å². The monoisotopic (exact) mass is 304 g/mol. The molecule has 0 fully saturated rings. The molecule has 5 heterocycles. The van der Waals surface area contributed by atoms with Gasteiger partial charge in [0.2, 0.25) is 11.8 Å². The summed E-state index contributed by atoms with van der Waals surface area (Å²) in [6.45, 7) is -0.0221. The second kappa shape index (κ2) is 4.28. The molecule has 23 heavy (non-hydrogen) atoms. The van der Waals surface area contributed by atoms with Gasteiger partial charge in [-0.05, 0) is 12.1 Å². The number of ether oxygens (including phenoxy) is 2. The van der Waals surface area contributed by atoms with Crippen molar-refractivity contribution in [1.82, 2.24) is 9.97 Å². The van der Waals surface area contributed by atoms with Gasteiger partial charge in [0, 0.05) is 12.1 Å². The SMILES string of the molecule is C[n+]1cccc2c1B1c3c(ncnc3Oc3ccc[n+](C)c31)O2. The number of aromatic nitrogens is 4. The maximum Gasteiger partial charge on any atom is 0.426 e. The first-order valence-electron chi connectivity index (χ1n) is 7.41. The Morgan fingerprint density at radius 3 is 1.91 bits per heavy atom. The van der Waals surface area contributed by atoms with Gasteiger partial charge in [0.1, 0.15) is 20.4 Å². The van der Waals surface area contributed by atoms with Crippen molar-refractivity contribution in [2.75, 3.05) is 0 Å². The van der Waals surface area contributed by atoms with E-state index < -0.39 is 0 Å². The fraction of sp³-hybridized carbons (Fsp3) is 0.125. The van der Waals surface area contributed by atoms with E-state index >= 15 is 0 Å². The van der Waals surface area contributed by atoms with Gasteiger partial charge in [-0.1, -0.05) is 0 Å². The smallest absolute Gasteiger partial charge is 0.426 e. The maximum atomic E-state index is 6.00. The van der Waals surface area contributed by atoms with Crippen molar-refractivity contribution in [3.63, 3.8) is 0 Å². The lowest BCUT2D eigenvalue weighted by molar-refractivity contribution is -0.659. The molecular weight excluding hydrogens is 291 g/mol. The summed E-state index contributed by atoms with van der Waals surface area (Å²) in [7, 11) is 4.05. The highest BCUT2D eigenvalue weighted by Crippen LogP contribution is 2.29. The Bertz CT molecular complexity index is 870. The van der Waals surface area contributed by atoms with Gasteiger partial charge in [-0.15, -0.1) is 0 Å². The molecule has 5 rings (SSSR count). The molecule has 0 radical (unpaired) electrons. The zero-order valence-corrected chi connectivity index (χ0v) is 12.7. The molecular formula is C16H13BN4O2+2. The highest BCUT2D eigenvalue weighted by atomic mass is 16.5. The Morgan fingerprint density at radius 1 is 0.870 bits per heavy atom. The lowest BCUT2D eigenvalue weighted by Gasteiger charge is -2.26. The van der Waals surface area contributed by atoms with Crippen molar-refractivity contribution < 1.29 is 18.6 Å². The van der Waals surface area contributed by atoms with E-state index in [-0.39, 0.29) is 6.71 Å². The van der Waals surface area contributed by atoms with Crippen LogP contribution in [0.2, 0.25) is 0 Å². The van der Waals surface area contributed by atoms with Crippen LogP contribution in [0.15, 0.2) is 43.0 Å². The van der Waals surface area contributed by atoms with Gasteiger partial charge >= 0.3 is 6.71 Å². The number of hydrogen-bond donors (Lipinski definition) is 0. The maximum absolute atomic E-state index is 6.00. The number of nitrogens with zero attached hydrogens (tertiary/aromatic N) is 4. The van der Waals surface area contributed by atoms with Crippen molar-refractivity contribution in [3.8, 4) is 23.3 Å². The second-order valence-corrected chi connectivity index (χ2v) is 5.77. The zero-order valence-electron chi connectivity index (χ0n) is 12.7. The first-order valence-corrected chi connectivity index (χ1v) is 7.41. The van der Waals surface area contributed by atoms with Crippen LogP contribution < -0.4 is 35.3 Å². The molecule has 2 aliphatic rings. The molecule has 0 N–H and O–H groups in total. The van der Waals surface area contributed by atoms with E-state index in [1.165, 1.54) is 6.33 Å². The summed E-state index contributed by atoms with van der Waals surface area (Å²) in [6, 6.07) is 7.88. The van der Waals surface area contributed by atoms with Crippen molar-refractivity contribution >= 4 is 23.4 Å². The topological polar surface area (TPSA) is 52.0 Å². The van der Waals surface area contributed by atoms with E-state index in [1.54, 1.807) is 0 Å². The second-order valence-electron chi connectivity index (χ2n) is 5.77. The van der Waals surface area contributed by atoms with Gasteiger partial charge in [0.05, 0.1) is 5.46 Å². The first kappa shape index (κ1) is 12.6. The summed E-state index contributed by atoms with van der Waals surface area (Å²) in [5.74, 6) is 2.75. The Labute approximate surface area is 133 Å². The highest BCUT2D eigenvalue weighted by Gasteiger charge is 2.52. The lowest BCUT2D eigenvalue weighted by atomic mass is 9.38. The van der Waals surface area contributed by atoms with Gasteiger partial charge in [-0.3, -0.25) is 0 Å². The Kier molecular flexibility index (Phi) is 2.34. The van der Waals surface area contributed by atoms with E-state index in [0.29, 0.717) is 11.8 Å². The quantitative estimate of drug-likeness (QED) is 0.268. The molecule has 2 aliphatic heterocycles. The van der Waals surface area contributed by atoms with Crippen LogP contribution in [0.3, 0.4) is 0 Å². The zero-order chi connectivity index (χ0) is 15.6. The number of fused-ring (bicyclic) bond motifs is 4. The molecule has 3 aromatic heterocycles. The number of hydrogen-bond acceptors (Lipinski definition) is 4. The molecule has 110 valence electrons. The minimum absolute atomic E-state index is 0.0221. The number of aryl methyl sites for hydroxylation is 2. The standard InChI is InChI=1S/C16H13BN4O2/c1-20-7-3-5-10-13(20)17-12-15(22-10)18-9-19-16(12)23-11-6-4-8-21(2)14(11)17/h3-9H,1-2H3/q+2. The van der Waals surface area contributed by atoms with Crippen LogP contribution in [0.25, 0.3) is 0 Å². The van der Waals surface area contributed by atoms with Crippen LogP contribution in [0.5, 0.6) is 23.3 Å². The molecule has 0 aromatic carbocycles. The summed E-state index contributed by atoms with van der Waals surface area (Å²) >= 11 is 0. The van der Waals surface area contributed by atoms with Crippen LogP contribution in [0, 0.1) is 0 Å². The number of rotatable bonds is 0. The minimum atomic E-state index is -0.0221. The summed E-state index contributed by atoms with van der Waals surface area (Å²) < 4.78 is 16.2. The minimum Gasteiger partial charge on any atom is -0.434 e. The van der Waals surface area contributed by atoms with Gasteiger partial charge in [-0.25, -0.2) is 19.1 Å². The summed E-state index contributed by atoms with van der Waals surface area (Å²) in [4.78, 5) is 8.62. The summed E-state index contributed by atoms with van der Waals surface area (Å²) in [5, 5.41) is 0. The highest BCUT2D eigenvalue weighted by molar-refractivity contribution is 6.96. The summed E-state index contributed by atoms with van der Waals surface area (Å²) in [6.07, 6.45) is 5.52. The average molecular weight is 304 g/mol. The van der Waals surface area contributed by atoms with Crippen LogP contribution >= 0.6 is 0 Å². The Morgan fingerprint density at radius 2 is 1.39 bits per heavy atom. The Hall–Kier alpha value is -2.96. The lowest BCUT2D eigenvalue weighted by Crippen LogP contribution is -2.73. The molecule has 6 nitrogen and oxygen atoms in total. The van der Waals surface area contributed by atoms with E-state index in [2.05, 4.69) is 19.1 Å². The van der Waals surface area contributed by atoms with Gasteiger partial charge in [0.25, 0.3) is 0 Å². The fourth-order valence-corrected chi connectivity index (χ4v) is 3.45. The van der Waals surface area contributed by atoms with Crippen molar-refractivity contribution in [2.45, 2.75) is 0 Å². The van der Waals surface area contributed by atoms with Crippen LogP contribution in [-0.2, 0) is 14.1 Å². The van der Waals surface area contributed by atoms with Crippen molar-refractivity contribution in [2.24, 2.45) is 14.1 Å². The summed E-state index contributed by atoms with van der Waals surface area (Å²) in [5.41, 5.74) is 3.03. The molecule has 0 saturated carbocycles. The van der Waals surface area contributed by atoms with Crippen LogP contribution in [0.4, 0.5) is 0 Å². The molecule has 0 saturated heterocycles. The molecule has 0 unspecified atom stereocenters. The van der Waals surface area contributed by atoms with E-state index in [0.717, 1.165) is 28.1 Å². The third-order valence-corrected chi connectivity index (χ3v) is 4.44. The average Bonchev–Trinajstić information content (AvgIpc) is 2.55.